The lowest BCUT2D eigenvalue weighted by atomic mass is 9.79. The Bertz CT molecular complexity index is 279. The number of aliphatic hydroxyl groups excluding tert-OH is 1. The van der Waals surface area contributed by atoms with Crippen molar-refractivity contribution in [2.24, 2.45) is 0 Å². The molecule has 0 bridgehead atoms. The van der Waals surface area contributed by atoms with Crippen LogP contribution < -0.4 is 5.46 Å². The Balaban J connectivity index is 2.54. The molecule has 0 radical (unpaired) electrons. The number of aliphatic hydroxyl groups is 1. The maximum absolute atomic E-state index is 9.52. The molecular formula is C10H15BO3S. The highest BCUT2D eigenvalue weighted by Crippen LogP contribution is 2.00. The molecule has 0 aromatic heterocycles. The van der Waals surface area contributed by atoms with Gasteiger partial charge >= 0.3 is 7.12 Å². The fourth-order valence-electron chi connectivity index (χ4n) is 1.24. The molecule has 1 rings (SSSR count). The van der Waals surface area contributed by atoms with Crippen molar-refractivity contribution in [1.82, 2.24) is 0 Å². The minimum absolute atomic E-state index is 0.0885. The zero-order valence-electron chi connectivity index (χ0n) is 8.47. The van der Waals surface area contributed by atoms with Gasteiger partial charge in [-0.2, -0.15) is 12.6 Å². The van der Waals surface area contributed by atoms with Crippen LogP contribution in [0.5, 0.6) is 0 Å². The quantitative estimate of drug-likeness (QED) is 0.467. The first kappa shape index (κ1) is 12.6. The summed E-state index contributed by atoms with van der Waals surface area (Å²) in [4.78, 5) is 0. The summed E-state index contributed by atoms with van der Waals surface area (Å²) in [6.45, 7) is 0.0500. The van der Waals surface area contributed by atoms with Crippen molar-refractivity contribution in [2.45, 2.75) is 6.42 Å². The van der Waals surface area contributed by atoms with Crippen LogP contribution in [0.2, 0.25) is 0 Å². The fraction of sp³-hybridized carbons (Fsp3) is 0.400. The van der Waals surface area contributed by atoms with Crippen molar-refractivity contribution >= 4 is 25.2 Å². The van der Waals surface area contributed by atoms with E-state index in [-0.39, 0.29) is 13.2 Å². The van der Waals surface area contributed by atoms with Gasteiger partial charge in [0.05, 0.1) is 13.2 Å². The Morgan fingerprint density at radius 2 is 1.93 bits per heavy atom. The molecule has 0 aliphatic heterocycles. The minimum Gasteiger partial charge on any atom is -0.423 e. The monoisotopic (exact) mass is 226 g/mol. The number of hydrogen-bond donors (Lipinski definition) is 3. The van der Waals surface area contributed by atoms with Crippen molar-refractivity contribution in [3.05, 3.63) is 29.8 Å². The molecule has 1 aromatic rings. The van der Waals surface area contributed by atoms with Gasteiger partial charge in [-0.15, -0.1) is 0 Å². The summed E-state index contributed by atoms with van der Waals surface area (Å²) in [6, 6.07) is 7.52. The average molecular weight is 226 g/mol. The smallest absolute Gasteiger partial charge is 0.423 e. The lowest BCUT2D eigenvalue weighted by Crippen LogP contribution is -2.34. The predicted molar refractivity (Wildman–Crippen MR) is 64.6 cm³/mol. The summed E-state index contributed by atoms with van der Waals surface area (Å²) in [7, 11) is -0.956. The minimum atomic E-state index is -0.956. The summed E-state index contributed by atoms with van der Waals surface area (Å²) in [6.07, 6.45) is 0.914. The fourth-order valence-corrected chi connectivity index (χ4v) is 1.50. The van der Waals surface area contributed by atoms with Crippen LogP contribution in [0.4, 0.5) is 0 Å². The van der Waals surface area contributed by atoms with Gasteiger partial charge in [0.25, 0.3) is 0 Å². The Morgan fingerprint density at radius 3 is 2.47 bits per heavy atom. The second-order valence-electron chi connectivity index (χ2n) is 3.16. The second-order valence-corrected chi connectivity index (χ2v) is 3.61. The van der Waals surface area contributed by atoms with E-state index in [1.54, 1.807) is 0 Å². The van der Waals surface area contributed by atoms with Crippen molar-refractivity contribution < 1.29 is 14.8 Å². The van der Waals surface area contributed by atoms with E-state index >= 15 is 0 Å². The van der Waals surface area contributed by atoms with E-state index in [1.807, 2.05) is 24.3 Å². The molecule has 0 heterocycles. The van der Waals surface area contributed by atoms with Crippen LogP contribution in [0, 0.1) is 0 Å². The van der Waals surface area contributed by atoms with E-state index in [0.717, 1.165) is 12.2 Å². The highest BCUT2D eigenvalue weighted by atomic mass is 32.1. The summed E-state index contributed by atoms with van der Waals surface area (Å²) < 4.78 is 4.97. The molecular weight excluding hydrogens is 211 g/mol. The Kier molecular flexibility index (Phi) is 5.79. The SMILES string of the molecule is OCCOB(O)c1ccc(CCS)cc1. The Hall–Kier alpha value is -0.485. The van der Waals surface area contributed by atoms with Gasteiger partial charge in [0, 0.05) is 0 Å². The Labute approximate surface area is 95.6 Å². The highest BCUT2D eigenvalue weighted by Gasteiger charge is 2.15. The predicted octanol–water partition coefficient (Wildman–Crippen LogP) is -0.145. The molecule has 0 amide bonds. The molecule has 3 nitrogen and oxygen atoms in total. The van der Waals surface area contributed by atoms with Crippen LogP contribution in [0.1, 0.15) is 5.56 Å². The van der Waals surface area contributed by atoms with Gasteiger partial charge in [-0.1, -0.05) is 24.3 Å². The standard InChI is InChI=1S/C10H15BO3S/c12-6-7-14-11(13)10-3-1-9(2-4-10)5-8-15/h1-4,12-13,15H,5-8H2. The third-order valence-corrected chi connectivity index (χ3v) is 2.26. The van der Waals surface area contributed by atoms with Crippen LogP contribution in [-0.4, -0.2) is 36.2 Å². The topological polar surface area (TPSA) is 49.7 Å². The van der Waals surface area contributed by atoms with E-state index in [2.05, 4.69) is 12.6 Å². The van der Waals surface area contributed by atoms with Crippen LogP contribution >= 0.6 is 12.6 Å². The normalized spacial score (nSPS) is 10.3. The molecule has 1 aromatic carbocycles. The molecule has 0 saturated carbocycles. The molecule has 82 valence electrons. The van der Waals surface area contributed by atoms with Crippen molar-refractivity contribution in [3.8, 4) is 0 Å². The van der Waals surface area contributed by atoms with Crippen LogP contribution in [-0.2, 0) is 11.1 Å². The number of benzene rings is 1. The first-order valence-corrected chi connectivity index (χ1v) is 5.51. The van der Waals surface area contributed by atoms with E-state index in [4.69, 9.17) is 9.76 Å². The summed E-state index contributed by atoms with van der Waals surface area (Å²) in [5, 5.41) is 18.1. The average Bonchev–Trinajstić information content (AvgIpc) is 2.27. The van der Waals surface area contributed by atoms with E-state index in [9.17, 15) is 5.02 Å². The van der Waals surface area contributed by atoms with Crippen molar-refractivity contribution in [1.29, 1.82) is 0 Å². The summed E-state index contributed by atoms with van der Waals surface area (Å²) in [5.74, 6) is 0.808. The maximum Gasteiger partial charge on any atom is 0.491 e. The molecule has 0 aliphatic carbocycles. The van der Waals surface area contributed by atoms with Gasteiger partial charge in [-0.3, -0.25) is 0 Å². The first-order chi connectivity index (χ1) is 7.27. The van der Waals surface area contributed by atoms with Crippen molar-refractivity contribution in [2.75, 3.05) is 19.0 Å². The molecule has 0 spiro atoms. The second kappa shape index (κ2) is 6.90. The van der Waals surface area contributed by atoms with Gasteiger partial charge in [0.1, 0.15) is 0 Å². The van der Waals surface area contributed by atoms with Crippen LogP contribution in [0.3, 0.4) is 0 Å². The number of hydrogen-bond acceptors (Lipinski definition) is 4. The molecule has 15 heavy (non-hydrogen) atoms. The van der Waals surface area contributed by atoms with Gasteiger partial charge in [0.2, 0.25) is 0 Å². The molecule has 0 unspecified atom stereocenters. The Morgan fingerprint density at radius 1 is 1.27 bits per heavy atom. The summed E-state index contributed by atoms with van der Waals surface area (Å²) >= 11 is 4.14. The number of aryl methyl sites for hydroxylation is 1. The maximum atomic E-state index is 9.52. The largest absolute Gasteiger partial charge is 0.491 e. The van der Waals surface area contributed by atoms with E-state index < -0.39 is 7.12 Å². The molecule has 0 aliphatic rings. The van der Waals surface area contributed by atoms with Crippen LogP contribution in [0.15, 0.2) is 24.3 Å². The lowest BCUT2D eigenvalue weighted by molar-refractivity contribution is 0.183. The third-order valence-electron chi connectivity index (χ3n) is 2.03. The van der Waals surface area contributed by atoms with E-state index in [0.29, 0.717) is 5.46 Å². The number of rotatable bonds is 6. The van der Waals surface area contributed by atoms with Gasteiger partial charge in [-0.05, 0) is 23.2 Å². The zero-order valence-corrected chi connectivity index (χ0v) is 9.36. The van der Waals surface area contributed by atoms with Crippen LogP contribution in [0.25, 0.3) is 0 Å². The molecule has 0 fully saturated rings. The summed E-state index contributed by atoms with van der Waals surface area (Å²) in [5.41, 5.74) is 1.88. The lowest BCUT2D eigenvalue weighted by Gasteiger charge is -2.07. The van der Waals surface area contributed by atoms with Gasteiger partial charge in [0.15, 0.2) is 0 Å². The van der Waals surface area contributed by atoms with Crippen molar-refractivity contribution in [3.63, 3.8) is 0 Å². The molecule has 5 heteroatoms. The zero-order chi connectivity index (χ0) is 11.1. The molecule has 2 N–H and O–H groups in total. The van der Waals surface area contributed by atoms with Gasteiger partial charge < -0.3 is 14.8 Å². The highest BCUT2D eigenvalue weighted by molar-refractivity contribution is 7.80. The van der Waals surface area contributed by atoms with Gasteiger partial charge in [-0.25, -0.2) is 0 Å². The molecule has 0 saturated heterocycles. The van der Waals surface area contributed by atoms with E-state index in [1.165, 1.54) is 5.56 Å². The molecule has 0 atom stereocenters. The third kappa shape index (κ3) is 4.26. The first-order valence-electron chi connectivity index (χ1n) is 4.88. The number of thiol groups is 1.